The summed E-state index contributed by atoms with van der Waals surface area (Å²) >= 11 is 0. The van der Waals surface area contributed by atoms with Crippen LogP contribution in [0, 0.1) is 11.3 Å². The van der Waals surface area contributed by atoms with Crippen molar-refractivity contribution in [3.05, 3.63) is 53.6 Å². The summed E-state index contributed by atoms with van der Waals surface area (Å²) in [5.41, 5.74) is 2.53. The molecule has 0 aliphatic carbocycles. The molecule has 0 aliphatic rings. The number of nitriles is 1. The highest BCUT2D eigenvalue weighted by Gasteiger charge is 2.05. The highest BCUT2D eigenvalue weighted by atomic mass is 16.5. The van der Waals surface area contributed by atoms with E-state index in [4.69, 9.17) is 14.7 Å². The molecule has 2 aromatic rings. The fraction of sp³-hybridized carbons (Fsp3) is 0.235. The number of ether oxygens (including phenoxy) is 2. The maximum atomic E-state index is 8.98. The summed E-state index contributed by atoms with van der Waals surface area (Å²) in [5, 5.41) is 12.3. The minimum atomic E-state index is 0.578. The van der Waals surface area contributed by atoms with Gasteiger partial charge in [-0.3, -0.25) is 0 Å². The number of hydrogen-bond donors (Lipinski definition) is 1. The minimum absolute atomic E-state index is 0.578. The van der Waals surface area contributed by atoms with Crippen molar-refractivity contribution >= 4 is 5.69 Å². The molecule has 0 aromatic heterocycles. The van der Waals surface area contributed by atoms with E-state index in [0.717, 1.165) is 22.7 Å². The van der Waals surface area contributed by atoms with Gasteiger partial charge in [-0.2, -0.15) is 5.26 Å². The van der Waals surface area contributed by atoms with Gasteiger partial charge in [-0.15, -0.1) is 0 Å². The van der Waals surface area contributed by atoms with Crippen LogP contribution in [0.25, 0.3) is 0 Å². The summed E-state index contributed by atoms with van der Waals surface area (Å²) in [5.74, 6) is 1.60. The molecule has 108 valence electrons. The van der Waals surface area contributed by atoms with Crippen molar-refractivity contribution < 1.29 is 9.47 Å². The van der Waals surface area contributed by atoms with Gasteiger partial charge in [0.15, 0.2) is 0 Å². The molecule has 0 spiro atoms. The Kier molecular flexibility index (Phi) is 5.05. The normalized spacial score (nSPS) is 9.76. The van der Waals surface area contributed by atoms with E-state index in [0.29, 0.717) is 18.7 Å². The molecule has 2 aromatic carbocycles. The van der Waals surface area contributed by atoms with Crippen molar-refractivity contribution in [2.24, 2.45) is 0 Å². The van der Waals surface area contributed by atoms with Crippen molar-refractivity contribution in [2.75, 3.05) is 19.0 Å². The van der Waals surface area contributed by atoms with Gasteiger partial charge < -0.3 is 14.8 Å². The van der Waals surface area contributed by atoms with Gasteiger partial charge in [-0.25, -0.2) is 0 Å². The lowest BCUT2D eigenvalue weighted by Gasteiger charge is -2.12. The fourth-order valence-electron chi connectivity index (χ4n) is 2.05. The van der Waals surface area contributed by atoms with E-state index < -0.39 is 0 Å². The van der Waals surface area contributed by atoms with Crippen LogP contribution in [0.2, 0.25) is 0 Å². The number of anilines is 1. The van der Waals surface area contributed by atoms with Crippen LogP contribution < -0.4 is 14.8 Å². The number of methoxy groups -OCH3 is 1. The van der Waals surface area contributed by atoms with Gasteiger partial charge in [0.05, 0.1) is 25.3 Å². The third-order valence-electron chi connectivity index (χ3n) is 3.04. The van der Waals surface area contributed by atoms with Crippen LogP contribution in [0.5, 0.6) is 11.5 Å². The molecular weight excluding hydrogens is 264 g/mol. The van der Waals surface area contributed by atoms with E-state index in [-0.39, 0.29) is 0 Å². The topological polar surface area (TPSA) is 54.3 Å². The molecule has 0 amide bonds. The molecule has 0 atom stereocenters. The van der Waals surface area contributed by atoms with Crippen LogP contribution in [0.4, 0.5) is 5.69 Å². The summed E-state index contributed by atoms with van der Waals surface area (Å²) < 4.78 is 10.8. The molecular formula is C17H18N2O2. The molecule has 0 aliphatic heterocycles. The van der Waals surface area contributed by atoms with Gasteiger partial charge >= 0.3 is 0 Å². The molecule has 1 N–H and O–H groups in total. The van der Waals surface area contributed by atoms with E-state index in [1.807, 2.05) is 43.3 Å². The van der Waals surface area contributed by atoms with E-state index >= 15 is 0 Å². The molecule has 0 unspecified atom stereocenters. The lowest BCUT2D eigenvalue weighted by molar-refractivity contribution is 0.340. The van der Waals surface area contributed by atoms with Crippen LogP contribution in [-0.2, 0) is 6.54 Å². The summed E-state index contributed by atoms with van der Waals surface area (Å²) in [7, 11) is 1.63. The Hall–Kier alpha value is -2.67. The fourth-order valence-corrected chi connectivity index (χ4v) is 2.05. The first kappa shape index (κ1) is 14.7. The molecule has 4 heteroatoms. The van der Waals surface area contributed by atoms with Crippen molar-refractivity contribution in [3.8, 4) is 17.6 Å². The Morgan fingerprint density at radius 3 is 2.76 bits per heavy atom. The number of nitrogens with zero attached hydrogens (tertiary/aromatic N) is 1. The summed E-state index contributed by atoms with van der Waals surface area (Å²) in [6.45, 7) is 3.17. The molecule has 0 heterocycles. The molecule has 0 saturated carbocycles. The third-order valence-corrected chi connectivity index (χ3v) is 3.04. The van der Waals surface area contributed by atoms with Crippen LogP contribution in [0.3, 0.4) is 0 Å². The zero-order valence-electron chi connectivity index (χ0n) is 12.2. The molecule has 0 radical (unpaired) electrons. The number of nitrogens with one attached hydrogen (secondary N) is 1. The molecule has 21 heavy (non-hydrogen) atoms. The minimum Gasteiger partial charge on any atom is -0.496 e. The molecule has 0 fully saturated rings. The summed E-state index contributed by atoms with van der Waals surface area (Å²) in [6.07, 6.45) is 0. The number of benzene rings is 2. The van der Waals surface area contributed by atoms with Crippen molar-refractivity contribution in [2.45, 2.75) is 13.5 Å². The van der Waals surface area contributed by atoms with Crippen molar-refractivity contribution in [1.82, 2.24) is 0 Å². The Labute approximate surface area is 124 Å². The van der Waals surface area contributed by atoms with Crippen LogP contribution in [0.15, 0.2) is 42.5 Å². The average Bonchev–Trinajstić information content (AvgIpc) is 2.53. The Bertz CT molecular complexity index is 647. The van der Waals surface area contributed by atoms with Crippen LogP contribution >= 0.6 is 0 Å². The number of rotatable bonds is 6. The van der Waals surface area contributed by atoms with E-state index in [9.17, 15) is 0 Å². The van der Waals surface area contributed by atoms with Crippen LogP contribution in [0.1, 0.15) is 18.1 Å². The first-order chi connectivity index (χ1) is 10.3. The SMILES string of the molecule is CCOc1cccc(NCc2cc(C#N)ccc2OC)c1. The largest absolute Gasteiger partial charge is 0.496 e. The summed E-state index contributed by atoms with van der Waals surface area (Å²) in [4.78, 5) is 0. The quantitative estimate of drug-likeness (QED) is 0.880. The second-order valence-corrected chi connectivity index (χ2v) is 4.45. The Morgan fingerprint density at radius 2 is 2.05 bits per heavy atom. The van der Waals surface area contributed by atoms with Gasteiger partial charge in [-0.1, -0.05) is 6.07 Å². The van der Waals surface area contributed by atoms with Crippen molar-refractivity contribution in [1.29, 1.82) is 5.26 Å². The van der Waals surface area contributed by atoms with Crippen LogP contribution in [-0.4, -0.2) is 13.7 Å². The maximum Gasteiger partial charge on any atom is 0.123 e. The highest BCUT2D eigenvalue weighted by molar-refractivity contribution is 5.50. The average molecular weight is 282 g/mol. The highest BCUT2D eigenvalue weighted by Crippen LogP contribution is 2.22. The second kappa shape index (κ2) is 7.20. The van der Waals surface area contributed by atoms with Gasteiger partial charge in [0.1, 0.15) is 11.5 Å². The van der Waals surface area contributed by atoms with E-state index in [1.54, 1.807) is 13.2 Å². The third kappa shape index (κ3) is 3.90. The zero-order chi connectivity index (χ0) is 15.1. The lowest BCUT2D eigenvalue weighted by Crippen LogP contribution is -2.02. The Morgan fingerprint density at radius 1 is 1.19 bits per heavy atom. The molecule has 4 nitrogen and oxygen atoms in total. The first-order valence-electron chi connectivity index (χ1n) is 6.80. The monoisotopic (exact) mass is 282 g/mol. The Balaban J connectivity index is 2.12. The predicted octanol–water partition coefficient (Wildman–Crippen LogP) is 3.58. The van der Waals surface area contributed by atoms with Gasteiger partial charge in [-0.05, 0) is 37.3 Å². The first-order valence-corrected chi connectivity index (χ1v) is 6.80. The standard InChI is InChI=1S/C17H18N2O2/c1-3-21-16-6-4-5-15(10-16)19-12-14-9-13(11-18)7-8-17(14)20-2/h4-10,19H,3,12H2,1-2H3. The second-order valence-electron chi connectivity index (χ2n) is 4.45. The smallest absolute Gasteiger partial charge is 0.123 e. The molecule has 0 saturated heterocycles. The summed E-state index contributed by atoms with van der Waals surface area (Å²) in [6, 6.07) is 15.3. The maximum absolute atomic E-state index is 8.98. The van der Waals surface area contributed by atoms with Crippen molar-refractivity contribution in [3.63, 3.8) is 0 Å². The lowest BCUT2D eigenvalue weighted by atomic mass is 10.1. The van der Waals surface area contributed by atoms with E-state index in [1.165, 1.54) is 0 Å². The van der Waals surface area contributed by atoms with Gasteiger partial charge in [0.25, 0.3) is 0 Å². The predicted molar refractivity (Wildman–Crippen MR) is 82.6 cm³/mol. The van der Waals surface area contributed by atoms with Gasteiger partial charge in [0, 0.05) is 23.9 Å². The van der Waals surface area contributed by atoms with E-state index in [2.05, 4.69) is 11.4 Å². The van der Waals surface area contributed by atoms with Gasteiger partial charge in [0.2, 0.25) is 0 Å². The number of hydrogen-bond acceptors (Lipinski definition) is 4. The molecule has 2 rings (SSSR count). The zero-order valence-corrected chi connectivity index (χ0v) is 12.2. The molecule has 0 bridgehead atoms.